The van der Waals surface area contributed by atoms with Gasteiger partial charge in [0, 0.05) is 25.8 Å². The summed E-state index contributed by atoms with van der Waals surface area (Å²) >= 11 is 5.84. The minimum absolute atomic E-state index is 0.00828. The number of benzene rings is 1. The van der Waals surface area contributed by atoms with Crippen molar-refractivity contribution in [3.8, 4) is 0 Å². The van der Waals surface area contributed by atoms with Crippen molar-refractivity contribution in [1.29, 1.82) is 0 Å². The lowest BCUT2D eigenvalue weighted by Gasteiger charge is -2.14. The van der Waals surface area contributed by atoms with Crippen LogP contribution in [-0.2, 0) is 4.74 Å². The molecule has 0 heterocycles. The number of hydrogen-bond acceptors (Lipinski definition) is 6. The predicted molar refractivity (Wildman–Crippen MR) is 71.4 cm³/mol. The molecule has 1 aromatic rings. The van der Waals surface area contributed by atoms with Gasteiger partial charge in [0.15, 0.2) is 0 Å². The molecule has 0 spiro atoms. The first-order chi connectivity index (χ1) is 9.36. The average Bonchev–Trinajstić information content (AvgIpc) is 2.36. The van der Waals surface area contributed by atoms with Crippen LogP contribution in [0.5, 0.6) is 0 Å². The highest BCUT2D eigenvalue weighted by Crippen LogP contribution is 2.31. The number of carboxylic acid groups (broad SMARTS) is 1. The first-order valence-corrected chi connectivity index (χ1v) is 5.86. The number of aliphatic hydroxyl groups excluding tert-OH is 1. The van der Waals surface area contributed by atoms with Crippen molar-refractivity contribution in [2.24, 2.45) is 0 Å². The summed E-state index contributed by atoms with van der Waals surface area (Å²) in [5.41, 5.74) is -0.746. The zero-order valence-electron chi connectivity index (χ0n) is 10.5. The Morgan fingerprint density at radius 1 is 1.60 bits per heavy atom. The molecule has 1 aromatic carbocycles. The SMILES string of the molecule is COCC(O)CNc1c(Cl)cc([N+](=O)[O-])cc1C(=O)O. The Labute approximate surface area is 119 Å². The van der Waals surface area contributed by atoms with Gasteiger partial charge in [0.05, 0.1) is 33.9 Å². The Bertz CT molecular complexity index is 522. The van der Waals surface area contributed by atoms with Crippen molar-refractivity contribution >= 4 is 28.9 Å². The number of aliphatic hydroxyl groups is 1. The summed E-state index contributed by atoms with van der Waals surface area (Å²) in [4.78, 5) is 21.0. The van der Waals surface area contributed by atoms with Crippen LogP contribution >= 0.6 is 11.6 Å². The number of carboxylic acids is 1. The summed E-state index contributed by atoms with van der Waals surface area (Å²) in [5.74, 6) is -1.36. The lowest BCUT2D eigenvalue weighted by Crippen LogP contribution is -2.25. The van der Waals surface area contributed by atoms with Crippen LogP contribution in [0, 0.1) is 10.1 Å². The van der Waals surface area contributed by atoms with Crippen LogP contribution in [0.15, 0.2) is 12.1 Å². The number of nitrogens with zero attached hydrogens (tertiary/aromatic N) is 1. The van der Waals surface area contributed by atoms with E-state index in [-0.39, 0.29) is 29.4 Å². The van der Waals surface area contributed by atoms with E-state index in [4.69, 9.17) is 21.4 Å². The lowest BCUT2D eigenvalue weighted by molar-refractivity contribution is -0.384. The lowest BCUT2D eigenvalue weighted by atomic mass is 10.1. The molecule has 0 radical (unpaired) electrons. The Morgan fingerprint density at radius 2 is 2.25 bits per heavy atom. The fourth-order valence-corrected chi connectivity index (χ4v) is 1.80. The van der Waals surface area contributed by atoms with E-state index in [0.717, 1.165) is 12.1 Å². The molecule has 20 heavy (non-hydrogen) atoms. The van der Waals surface area contributed by atoms with Gasteiger partial charge in [-0.2, -0.15) is 0 Å². The molecule has 1 rings (SSSR count). The molecule has 3 N–H and O–H groups in total. The van der Waals surface area contributed by atoms with E-state index in [1.165, 1.54) is 7.11 Å². The van der Waals surface area contributed by atoms with Crippen LogP contribution in [0.4, 0.5) is 11.4 Å². The summed E-state index contributed by atoms with van der Waals surface area (Å²) in [7, 11) is 1.41. The summed E-state index contributed by atoms with van der Waals surface area (Å²) in [5, 5.41) is 31.7. The van der Waals surface area contributed by atoms with E-state index in [1.54, 1.807) is 0 Å². The first-order valence-electron chi connectivity index (χ1n) is 5.49. The number of carbonyl (C=O) groups is 1. The van der Waals surface area contributed by atoms with E-state index in [2.05, 4.69) is 5.32 Å². The molecule has 0 bridgehead atoms. The maximum atomic E-state index is 11.1. The number of nitrogens with one attached hydrogen (secondary N) is 1. The van der Waals surface area contributed by atoms with Gasteiger partial charge in [-0.25, -0.2) is 4.79 Å². The molecule has 0 aliphatic carbocycles. The molecule has 1 unspecified atom stereocenters. The number of ether oxygens (including phenoxy) is 1. The molecule has 0 aliphatic rings. The molecule has 8 nitrogen and oxygen atoms in total. The molecule has 110 valence electrons. The third-order valence-electron chi connectivity index (χ3n) is 2.39. The average molecular weight is 305 g/mol. The predicted octanol–water partition coefficient (Wildman–Crippen LogP) is 1.37. The van der Waals surface area contributed by atoms with Crippen molar-refractivity contribution in [3.05, 3.63) is 32.8 Å². The van der Waals surface area contributed by atoms with Gasteiger partial charge in [0.25, 0.3) is 5.69 Å². The second-order valence-corrected chi connectivity index (χ2v) is 4.31. The minimum atomic E-state index is -1.36. The van der Waals surface area contributed by atoms with Crippen LogP contribution in [0.25, 0.3) is 0 Å². The summed E-state index contributed by atoms with van der Waals surface area (Å²) in [6.45, 7) is 0.0473. The topological polar surface area (TPSA) is 122 Å². The van der Waals surface area contributed by atoms with Gasteiger partial charge in [-0.3, -0.25) is 10.1 Å². The number of rotatable bonds is 7. The van der Waals surface area contributed by atoms with E-state index >= 15 is 0 Å². The van der Waals surface area contributed by atoms with E-state index in [0.29, 0.717) is 0 Å². The van der Waals surface area contributed by atoms with Crippen molar-refractivity contribution in [3.63, 3.8) is 0 Å². The monoisotopic (exact) mass is 304 g/mol. The van der Waals surface area contributed by atoms with E-state index in [1.807, 2.05) is 0 Å². The molecule has 0 amide bonds. The van der Waals surface area contributed by atoms with Crippen LogP contribution in [0.3, 0.4) is 0 Å². The number of aromatic carboxylic acids is 1. The van der Waals surface area contributed by atoms with Gasteiger partial charge >= 0.3 is 5.97 Å². The molecule has 9 heteroatoms. The highest BCUT2D eigenvalue weighted by atomic mass is 35.5. The molecule has 0 saturated carbocycles. The Kier molecular flexibility index (Phi) is 5.68. The van der Waals surface area contributed by atoms with Crippen molar-refractivity contribution in [2.75, 3.05) is 25.6 Å². The molecule has 0 aliphatic heterocycles. The minimum Gasteiger partial charge on any atom is -0.478 e. The van der Waals surface area contributed by atoms with Gasteiger partial charge in [0.1, 0.15) is 0 Å². The normalized spacial score (nSPS) is 11.9. The number of anilines is 1. The van der Waals surface area contributed by atoms with Gasteiger partial charge in [-0.1, -0.05) is 11.6 Å². The fraction of sp³-hybridized carbons (Fsp3) is 0.364. The number of hydrogen-bond donors (Lipinski definition) is 3. The first kappa shape index (κ1) is 16.2. The maximum Gasteiger partial charge on any atom is 0.338 e. The van der Waals surface area contributed by atoms with Crippen molar-refractivity contribution in [1.82, 2.24) is 0 Å². The zero-order chi connectivity index (χ0) is 15.3. The van der Waals surface area contributed by atoms with E-state index in [9.17, 15) is 20.0 Å². The Balaban J connectivity index is 3.05. The van der Waals surface area contributed by atoms with Crippen LogP contribution in [0.2, 0.25) is 5.02 Å². The van der Waals surface area contributed by atoms with Gasteiger partial charge in [-0.15, -0.1) is 0 Å². The van der Waals surface area contributed by atoms with Gasteiger partial charge in [-0.05, 0) is 0 Å². The van der Waals surface area contributed by atoms with Crippen LogP contribution in [-0.4, -0.2) is 47.5 Å². The quantitative estimate of drug-likeness (QED) is 0.513. The highest BCUT2D eigenvalue weighted by molar-refractivity contribution is 6.34. The summed E-state index contributed by atoms with van der Waals surface area (Å²) < 4.78 is 4.72. The van der Waals surface area contributed by atoms with Crippen molar-refractivity contribution < 1.29 is 24.7 Å². The molecular formula is C11H13ClN2O6. The van der Waals surface area contributed by atoms with Gasteiger partial charge in [0.2, 0.25) is 0 Å². The Hall–Kier alpha value is -1.90. The third-order valence-corrected chi connectivity index (χ3v) is 2.69. The molecule has 0 fully saturated rings. The fourth-order valence-electron chi connectivity index (χ4n) is 1.52. The molecule has 1 atom stereocenters. The largest absolute Gasteiger partial charge is 0.478 e. The van der Waals surface area contributed by atoms with Gasteiger partial charge < -0.3 is 20.3 Å². The number of nitro benzene ring substituents is 1. The van der Waals surface area contributed by atoms with E-state index < -0.39 is 22.7 Å². The van der Waals surface area contributed by atoms with Crippen LogP contribution < -0.4 is 5.32 Å². The molecular weight excluding hydrogens is 292 g/mol. The molecule has 0 aromatic heterocycles. The number of methoxy groups -OCH3 is 1. The summed E-state index contributed by atoms with van der Waals surface area (Å²) in [6, 6.07) is 1.94. The van der Waals surface area contributed by atoms with Crippen LogP contribution in [0.1, 0.15) is 10.4 Å². The zero-order valence-corrected chi connectivity index (χ0v) is 11.3. The highest BCUT2D eigenvalue weighted by Gasteiger charge is 2.20. The number of non-ortho nitro benzene ring substituents is 1. The third kappa shape index (κ3) is 4.05. The Morgan fingerprint density at radius 3 is 2.75 bits per heavy atom. The summed E-state index contributed by atoms with van der Waals surface area (Å²) in [6.07, 6.45) is -0.868. The number of nitro groups is 1. The second kappa shape index (κ2) is 7.04. The molecule has 0 saturated heterocycles. The maximum absolute atomic E-state index is 11.1. The second-order valence-electron chi connectivity index (χ2n) is 3.90. The van der Waals surface area contributed by atoms with Crippen molar-refractivity contribution in [2.45, 2.75) is 6.10 Å². The number of halogens is 1. The standard InChI is InChI=1S/C11H13ClN2O6/c1-20-5-7(15)4-13-10-8(11(16)17)2-6(14(18)19)3-9(10)12/h2-3,7,13,15H,4-5H2,1H3,(H,16,17). The smallest absolute Gasteiger partial charge is 0.338 e.